The summed E-state index contributed by atoms with van der Waals surface area (Å²) in [7, 11) is 0. The molecule has 2 rings (SSSR count). The first-order valence-corrected chi connectivity index (χ1v) is 7.53. The van der Waals surface area contributed by atoms with Gasteiger partial charge in [0.05, 0.1) is 5.25 Å². The van der Waals surface area contributed by atoms with Gasteiger partial charge in [-0.2, -0.15) is 12.6 Å². The number of rotatable bonds is 2. The Balaban J connectivity index is 1.88. The minimum atomic E-state index is -0.118. The van der Waals surface area contributed by atoms with Crippen LogP contribution in [-0.4, -0.2) is 29.1 Å². The molecule has 1 saturated carbocycles. The van der Waals surface area contributed by atoms with Crippen molar-refractivity contribution in [3.8, 4) is 0 Å². The first-order chi connectivity index (χ1) is 8.04. The summed E-state index contributed by atoms with van der Waals surface area (Å²) in [6.07, 6.45) is 8.02. The Morgan fingerprint density at radius 1 is 1.12 bits per heavy atom. The van der Waals surface area contributed by atoms with E-state index in [0.717, 1.165) is 13.1 Å². The zero-order valence-corrected chi connectivity index (χ0v) is 12.0. The van der Waals surface area contributed by atoms with Crippen molar-refractivity contribution in [3.63, 3.8) is 0 Å². The number of thiol groups is 1. The fourth-order valence-corrected chi connectivity index (χ4v) is 3.46. The van der Waals surface area contributed by atoms with E-state index in [1.807, 2.05) is 4.90 Å². The lowest BCUT2D eigenvalue weighted by Crippen LogP contribution is -2.46. The summed E-state index contributed by atoms with van der Waals surface area (Å²) in [5.41, 5.74) is 0.598. The molecule has 1 aliphatic carbocycles. The number of nitrogens with zero attached hydrogens (tertiary/aromatic N) is 1. The van der Waals surface area contributed by atoms with Gasteiger partial charge in [0, 0.05) is 13.1 Å². The maximum atomic E-state index is 12.2. The predicted octanol–water partition coefficient (Wildman–Crippen LogP) is 3.12. The van der Waals surface area contributed by atoms with Crippen LogP contribution in [0.3, 0.4) is 0 Å². The van der Waals surface area contributed by atoms with E-state index in [4.69, 9.17) is 0 Å². The summed E-state index contributed by atoms with van der Waals surface area (Å²) in [6.45, 7) is 6.06. The molecule has 2 fully saturated rings. The molecule has 2 nitrogen and oxygen atoms in total. The summed E-state index contributed by atoms with van der Waals surface area (Å²) in [5, 5.41) is -0.118. The maximum absolute atomic E-state index is 12.2. The van der Waals surface area contributed by atoms with Crippen molar-refractivity contribution in [2.45, 2.75) is 57.6 Å². The van der Waals surface area contributed by atoms with Gasteiger partial charge in [-0.15, -0.1) is 0 Å². The van der Waals surface area contributed by atoms with Gasteiger partial charge in [0.1, 0.15) is 0 Å². The van der Waals surface area contributed by atoms with Crippen LogP contribution in [-0.2, 0) is 4.79 Å². The van der Waals surface area contributed by atoms with Gasteiger partial charge in [-0.05, 0) is 37.0 Å². The molecular formula is C14H25NOS. The smallest absolute Gasteiger partial charge is 0.235 e. The highest BCUT2D eigenvalue weighted by Gasteiger charge is 2.38. The van der Waals surface area contributed by atoms with Crippen molar-refractivity contribution < 1.29 is 4.79 Å². The molecule has 0 aromatic carbocycles. The Labute approximate surface area is 111 Å². The van der Waals surface area contributed by atoms with Gasteiger partial charge in [0.15, 0.2) is 0 Å². The SMILES string of the molecule is CC(C)C(S)C(=O)N1CCC2(CCCC2)CC1. The zero-order valence-electron chi connectivity index (χ0n) is 11.1. The summed E-state index contributed by atoms with van der Waals surface area (Å²) in [4.78, 5) is 14.2. The van der Waals surface area contributed by atoms with E-state index in [2.05, 4.69) is 26.5 Å². The highest BCUT2D eigenvalue weighted by atomic mass is 32.1. The van der Waals surface area contributed by atoms with Gasteiger partial charge in [-0.25, -0.2) is 0 Å². The fraction of sp³-hybridized carbons (Fsp3) is 0.929. The molecule has 0 N–H and O–H groups in total. The van der Waals surface area contributed by atoms with E-state index in [-0.39, 0.29) is 11.2 Å². The lowest BCUT2D eigenvalue weighted by atomic mass is 9.77. The maximum Gasteiger partial charge on any atom is 0.235 e. The largest absolute Gasteiger partial charge is 0.342 e. The Hall–Kier alpha value is -0.180. The van der Waals surface area contributed by atoms with E-state index in [1.165, 1.54) is 38.5 Å². The van der Waals surface area contributed by atoms with E-state index in [9.17, 15) is 4.79 Å². The molecule has 1 aliphatic heterocycles. The lowest BCUT2D eigenvalue weighted by molar-refractivity contribution is -0.133. The van der Waals surface area contributed by atoms with E-state index >= 15 is 0 Å². The average Bonchev–Trinajstić information content (AvgIpc) is 2.76. The molecule has 1 spiro atoms. The Kier molecular flexibility index (Phi) is 4.06. The molecule has 0 radical (unpaired) electrons. The van der Waals surface area contributed by atoms with E-state index < -0.39 is 0 Å². The van der Waals surface area contributed by atoms with Crippen LogP contribution >= 0.6 is 12.6 Å². The zero-order chi connectivity index (χ0) is 12.5. The van der Waals surface area contributed by atoms with Crippen molar-refractivity contribution in [2.24, 2.45) is 11.3 Å². The average molecular weight is 255 g/mol. The number of likely N-dealkylation sites (tertiary alicyclic amines) is 1. The fourth-order valence-electron chi connectivity index (χ4n) is 3.30. The molecule has 1 heterocycles. The highest BCUT2D eigenvalue weighted by Crippen LogP contribution is 2.46. The third-order valence-corrected chi connectivity index (χ3v) is 5.50. The van der Waals surface area contributed by atoms with Crippen LogP contribution in [0, 0.1) is 11.3 Å². The van der Waals surface area contributed by atoms with Crippen LogP contribution < -0.4 is 0 Å². The predicted molar refractivity (Wildman–Crippen MR) is 74.3 cm³/mol. The van der Waals surface area contributed by atoms with E-state index in [0.29, 0.717) is 11.3 Å². The number of amides is 1. The number of carbonyl (C=O) groups is 1. The van der Waals surface area contributed by atoms with Gasteiger partial charge in [0.25, 0.3) is 0 Å². The van der Waals surface area contributed by atoms with Crippen molar-refractivity contribution >= 4 is 18.5 Å². The molecule has 2 aliphatic rings. The van der Waals surface area contributed by atoms with Gasteiger partial charge in [-0.3, -0.25) is 4.79 Å². The second-order valence-corrected chi connectivity index (χ2v) is 6.78. The minimum Gasteiger partial charge on any atom is -0.342 e. The quantitative estimate of drug-likeness (QED) is 0.752. The second kappa shape index (κ2) is 5.21. The topological polar surface area (TPSA) is 20.3 Å². The molecule has 1 saturated heterocycles. The molecule has 1 amide bonds. The third kappa shape index (κ3) is 2.81. The molecule has 0 aromatic heterocycles. The van der Waals surface area contributed by atoms with Crippen LogP contribution in [0.15, 0.2) is 0 Å². The van der Waals surface area contributed by atoms with Crippen LogP contribution in [0.25, 0.3) is 0 Å². The second-order valence-electron chi connectivity index (χ2n) is 6.22. The van der Waals surface area contributed by atoms with Crippen LogP contribution in [0.5, 0.6) is 0 Å². The number of hydrogen-bond donors (Lipinski definition) is 1. The number of carbonyl (C=O) groups excluding carboxylic acids is 1. The van der Waals surface area contributed by atoms with Crippen LogP contribution in [0.1, 0.15) is 52.4 Å². The minimum absolute atomic E-state index is 0.118. The van der Waals surface area contributed by atoms with Gasteiger partial charge >= 0.3 is 0 Å². The summed E-state index contributed by atoms with van der Waals surface area (Å²) < 4.78 is 0. The monoisotopic (exact) mass is 255 g/mol. The van der Waals surface area contributed by atoms with Crippen molar-refractivity contribution in [3.05, 3.63) is 0 Å². The standard InChI is InChI=1S/C14H25NOS/c1-11(2)12(17)13(16)15-9-7-14(8-10-15)5-3-4-6-14/h11-12,17H,3-10H2,1-2H3. The lowest BCUT2D eigenvalue weighted by Gasteiger charge is -2.40. The normalized spacial score (nSPS) is 25.5. The molecule has 1 atom stereocenters. The molecule has 98 valence electrons. The van der Waals surface area contributed by atoms with E-state index in [1.54, 1.807) is 0 Å². The summed E-state index contributed by atoms with van der Waals surface area (Å²) in [6, 6.07) is 0. The van der Waals surface area contributed by atoms with Crippen LogP contribution in [0.2, 0.25) is 0 Å². The van der Waals surface area contributed by atoms with Gasteiger partial charge in [-0.1, -0.05) is 26.7 Å². The summed E-state index contributed by atoms with van der Waals surface area (Å²) in [5.74, 6) is 0.574. The molecule has 17 heavy (non-hydrogen) atoms. The number of hydrogen-bond acceptors (Lipinski definition) is 2. The molecule has 1 unspecified atom stereocenters. The highest BCUT2D eigenvalue weighted by molar-refractivity contribution is 7.81. The van der Waals surface area contributed by atoms with Crippen molar-refractivity contribution in [1.29, 1.82) is 0 Å². The first-order valence-electron chi connectivity index (χ1n) is 7.01. The van der Waals surface area contributed by atoms with Gasteiger partial charge in [0.2, 0.25) is 5.91 Å². The van der Waals surface area contributed by atoms with Gasteiger partial charge < -0.3 is 4.90 Å². The number of piperidine rings is 1. The van der Waals surface area contributed by atoms with Crippen LogP contribution in [0.4, 0.5) is 0 Å². The summed E-state index contributed by atoms with van der Waals surface area (Å²) >= 11 is 4.44. The molecular weight excluding hydrogens is 230 g/mol. The molecule has 0 bridgehead atoms. The Bertz CT molecular complexity index is 274. The van der Waals surface area contributed by atoms with Crippen molar-refractivity contribution in [1.82, 2.24) is 4.90 Å². The Morgan fingerprint density at radius 2 is 1.65 bits per heavy atom. The molecule has 0 aromatic rings. The van der Waals surface area contributed by atoms with Crippen molar-refractivity contribution in [2.75, 3.05) is 13.1 Å². The first kappa shape index (κ1) is 13.3. The molecule has 3 heteroatoms. The third-order valence-electron chi connectivity index (χ3n) is 4.68. The Morgan fingerprint density at radius 3 is 2.12 bits per heavy atom.